The Labute approximate surface area is 171 Å². The van der Waals surface area contributed by atoms with Crippen molar-refractivity contribution in [1.82, 2.24) is 19.7 Å². The molecule has 152 valence electrons. The summed E-state index contributed by atoms with van der Waals surface area (Å²) < 4.78 is 7.59. The van der Waals surface area contributed by atoms with Gasteiger partial charge in [-0.1, -0.05) is 18.6 Å². The summed E-state index contributed by atoms with van der Waals surface area (Å²) in [6.07, 6.45) is 9.93. The number of carbonyl (C=O) groups is 1. The Balaban J connectivity index is 1.28. The molecule has 6 nitrogen and oxygen atoms in total. The molecule has 2 aromatic rings. The number of rotatable bonds is 5. The van der Waals surface area contributed by atoms with Gasteiger partial charge in [-0.2, -0.15) is 0 Å². The van der Waals surface area contributed by atoms with Crippen LogP contribution in [0.25, 0.3) is 0 Å². The number of aromatic nitrogens is 3. The molecule has 6 rings (SSSR count). The Morgan fingerprint density at radius 1 is 1.14 bits per heavy atom. The van der Waals surface area contributed by atoms with Gasteiger partial charge >= 0.3 is 0 Å². The second-order valence-corrected chi connectivity index (χ2v) is 9.59. The zero-order valence-electron chi connectivity index (χ0n) is 17.0. The standard InChI is InChI=1S/C23H28N4O2/c1-29-18-7-3-16(4-8-18)23(11-12-23)21(28)26-13-19(22(14-26)9-2-10-22)20-25-24-15-27(20)17-5-6-17/h3-4,7-8,15,17,19H,2,5-6,9-14H2,1H3. The van der Waals surface area contributed by atoms with E-state index < -0.39 is 0 Å². The maximum Gasteiger partial charge on any atom is 0.233 e. The first-order valence-corrected chi connectivity index (χ1v) is 11.0. The van der Waals surface area contributed by atoms with E-state index in [9.17, 15) is 4.79 Å². The van der Waals surface area contributed by atoms with Crippen molar-refractivity contribution in [3.05, 3.63) is 42.0 Å². The highest BCUT2D eigenvalue weighted by molar-refractivity contribution is 5.91. The van der Waals surface area contributed by atoms with Crippen molar-refractivity contribution in [2.75, 3.05) is 20.2 Å². The molecular formula is C23H28N4O2. The van der Waals surface area contributed by atoms with E-state index in [1.54, 1.807) is 7.11 Å². The summed E-state index contributed by atoms with van der Waals surface area (Å²) in [4.78, 5) is 15.9. The minimum Gasteiger partial charge on any atom is -0.497 e. The summed E-state index contributed by atoms with van der Waals surface area (Å²) in [5.41, 5.74) is 1.03. The molecule has 1 aromatic heterocycles. The van der Waals surface area contributed by atoms with E-state index in [0.29, 0.717) is 17.9 Å². The van der Waals surface area contributed by atoms with Crippen molar-refractivity contribution in [3.63, 3.8) is 0 Å². The van der Waals surface area contributed by atoms with E-state index >= 15 is 0 Å². The molecule has 6 heteroatoms. The number of ether oxygens (including phenoxy) is 1. The van der Waals surface area contributed by atoms with Gasteiger partial charge in [-0.3, -0.25) is 4.79 Å². The molecule has 4 fully saturated rings. The van der Waals surface area contributed by atoms with Crippen molar-refractivity contribution in [2.45, 2.75) is 62.3 Å². The van der Waals surface area contributed by atoms with Crippen LogP contribution in [-0.2, 0) is 10.2 Å². The molecule has 1 aliphatic heterocycles. The minimum atomic E-state index is -0.323. The number of amides is 1. The van der Waals surface area contributed by atoms with Crippen molar-refractivity contribution >= 4 is 5.91 Å². The first-order valence-electron chi connectivity index (χ1n) is 11.0. The summed E-state index contributed by atoms with van der Waals surface area (Å²) in [5, 5.41) is 8.79. The lowest BCUT2D eigenvalue weighted by atomic mass is 9.62. The van der Waals surface area contributed by atoms with Gasteiger partial charge in [0.2, 0.25) is 5.91 Å². The van der Waals surface area contributed by atoms with Crippen LogP contribution in [0.3, 0.4) is 0 Å². The van der Waals surface area contributed by atoms with Crippen molar-refractivity contribution in [2.24, 2.45) is 5.41 Å². The summed E-state index contributed by atoms with van der Waals surface area (Å²) in [6, 6.07) is 8.67. The van der Waals surface area contributed by atoms with E-state index in [2.05, 4.69) is 31.8 Å². The third kappa shape index (κ3) is 2.57. The zero-order chi connectivity index (χ0) is 19.6. The van der Waals surface area contributed by atoms with Gasteiger partial charge in [-0.05, 0) is 61.6 Å². The van der Waals surface area contributed by atoms with Gasteiger partial charge in [0.1, 0.15) is 17.9 Å². The van der Waals surface area contributed by atoms with Gasteiger partial charge in [0.15, 0.2) is 0 Å². The quantitative estimate of drug-likeness (QED) is 0.782. The van der Waals surface area contributed by atoms with Crippen LogP contribution in [-0.4, -0.2) is 45.8 Å². The van der Waals surface area contributed by atoms with Crippen LogP contribution in [0.15, 0.2) is 30.6 Å². The monoisotopic (exact) mass is 392 g/mol. The van der Waals surface area contributed by atoms with E-state index in [0.717, 1.165) is 43.1 Å². The smallest absolute Gasteiger partial charge is 0.233 e. The zero-order valence-corrected chi connectivity index (χ0v) is 17.0. The molecule has 3 saturated carbocycles. The Morgan fingerprint density at radius 3 is 2.48 bits per heavy atom. The average Bonchev–Trinajstić information content (AvgIpc) is 3.64. The molecule has 2 heterocycles. The van der Waals surface area contributed by atoms with Gasteiger partial charge in [0, 0.05) is 25.0 Å². The summed E-state index contributed by atoms with van der Waals surface area (Å²) in [5.74, 6) is 2.60. The molecule has 1 amide bonds. The van der Waals surface area contributed by atoms with Crippen LogP contribution in [0.4, 0.5) is 0 Å². The van der Waals surface area contributed by atoms with Crippen LogP contribution < -0.4 is 4.74 Å². The molecule has 1 saturated heterocycles. The van der Waals surface area contributed by atoms with Crippen LogP contribution in [0.5, 0.6) is 5.75 Å². The molecule has 0 N–H and O–H groups in total. The first kappa shape index (κ1) is 17.5. The fourth-order valence-corrected chi connectivity index (χ4v) is 5.72. The van der Waals surface area contributed by atoms with E-state index in [1.807, 2.05) is 18.5 Å². The Kier molecular flexibility index (Phi) is 3.66. The lowest BCUT2D eigenvalue weighted by molar-refractivity contribution is -0.133. The average molecular weight is 393 g/mol. The molecule has 29 heavy (non-hydrogen) atoms. The Morgan fingerprint density at radius 2 is 1.90 bits per heavy atom. The number of carbonyl (C=O) groups excluding carboxylic acids is 1. The normalized spacial score (nSPS) is 26.4. The maximum absolute atomic E-state index is 13.7. The second kappa shape index (κ2) is 6.07. The van der Waals surface area contributed by atoms with E-state index in [4.69, 9.17) is 4.74 Å². The van der Waals surface area contributed by atoms with Crippen molar-refractivity contribution in [1.29, 1.82) is 0 Å². The first-order chi connectivity index (χ1) is 14.2. The minimum absolute atomic E-state index is 0.214. The summed E-state index contributed by atoms with van der Waals surface area (Å²) >= 11 is 0. The highest BCUT2D eigenvalue weighted by Crippen LogP contribution is 2.58. The molecule has 3 aliphatic carbocycles. The summed E-state index contributed by atoms with van der Waals surface area (Å²) in [7, 11) is 1.68. The van der Waals surface area contributed by atoms with Crippen LogP contribution in [0.2, 0.25) is 0 Å². The third-order valence-corrected chi connectivity index (χ3v) is 7.94. The van der Waals surface area contributed by atoms with E-state index in [1.165, 1.54) is 32.1 Å². The molecule has 0 bridgehead atoms. The summed E-state index contributed by atoms with van der Waals surface area (Å²) in [6.45, 7) is 1.67. The fraction of sp³-hybridized carbons (Fsp3) is 0.609. The number of benzene rings is 1. The predicted octanol–water partition coefficient (Wildman–Crippen LogP) is 3.45. The van der Waals surface area contributed by atoms with Crippen LogP contribution >= 0.6 is 0 Å². The van der Waals surface area contributed by atoms with Crippen molar-refractivity contribution < 1.29 is 9.53 Å². The molecule has 1 atom stereocenters. The lowest BCUT2D eigenvalue weighted by Crippen LogP contribution is -2.41. The van der Waals surface area contributed by atoms with Gasteiger partial charge < -0.3 is 14.2 Å². The largest absolute Gasteiger partial charge is 0.497 e. The molecule has 1 unspecified atom stereocenters. The van der Waals surface area contributed by atoms with E-state index in [-0.39, 0.29) is 10.8 Å². The topological polar surface area (TPSA) is 60.2 Å². The van der Waals surface area contributed by atoms with Gasteiger partial charge in [0.05, 0.1) is 12.5 Å². The number of hydrogen-bond acceptors (Lipinski definition) is 4. The molecular weight excluding hydrogens is 364 g/mol. The number of methoxy groups -OCH3 is 1. The van der Waals surface area contributed by atoms with Gasteiger partial charge in [0.25, 0.3) is 0 Å². The van der Waals surface area contributed by atoms with Crippen LogP contribution in [0.1, 0.15) is 68.3 Å². The highest BCUT2D eigenvalue weighted by atomic mass is 16.5. The SMILES string of the molecule is COc1ccc(C2(C(=O)N3CC(c4nncn4C4CC4)C4(CCC4)C3)CC2)cc1. The predicted molar refractivity (Wildman–Crippen MR) is 108 cm³/mol. The van der Waals surface area contributed by atoms with Gasteiger partial charge in [-0.15, -0.1) is 10.2 Å². The van der Waals surface area contributed by atoms with Crippen molar-refractivity contribution in [3.8, 4) is 5.75 Å². The third-order valence-electron chi connectivity index (χ3n) is 7.94. The number of likely N-dealkylation sites (tertiary alicyclic amines) is 1. The molecule has 1 aromatic carbocycles. The molecule has 1 spiro atoms. The number of hydrogen-bond donors (Lipinski definition) is 0. The van der Waals surface area contributed by atoms with Gasteiger partial charge in [-0.25, -0.2) is 0 Å². The Hall–Kier alpha value is -2.37. The number of nitrogens with zero attached hydrogens (tertiary/aromatic N) is 4. The lowest BCUT2D eigenvalue weighted by Gasteiger charge is -2.42. The maximum atomic E-state index is 13.7. The Bertz CT molecular complexity index is 938. The highest BCUT2D eigenvalue weighted by Gasteiger charge is 2.59. The van der Waals surface area contributed by atoms with Crippen LogP contribution in [0, 0.1) is 5.41 Å². The molecule has 0 radical (unpaired) electrons. The second-order valence-electron chi connectivity index (χ2n) is 9.59. The molecule has 4 aliphatic rings. The fourth-order valence-electron chi connectivity index (χ4n) is 5.72.